The highest BCUT2D eigenvalue weighted by Crippen LogP contribution is 2.21. The first-order chi connectivity index (χ1) is 6.86. The fraction of sp³-hybridized carbons (Fsp3) is 0. The van der Waals surface area contributed by atoms with Gasteiger partial charge in [0.1, 0.15) is 0 Å². The van der Waals surface area contributed by atoms with Crippen molar-refractivity contribution < 1.29 is 0 Å². The van der Waals surface area contributed by atoms with Crippen molar-refractivity contribution >= 4 is 43.5 Å². The zero-order valence-electron chi connectivity index (χ0n) is 7.19. The third-order valence-electron chi connectivity index (χ3n) is 2.28. The lowest BCUT2D eigenvalue weighted by Crippen LogP contribution is -1.93. The summed E-state index contributed by atoms with van der Waals surface area (Å²) in [4.78, 5) is 12.0. The average molecular weight is 218 g/mol. The van der Waals surface area contributed by atoms with E-state index in [0.717, 1.165) is 20.9 Å². The molecule has 0 saturated carbocycles. The lowest BCUT2D eigenvalue weighted by molar-refractivity contribution is 1.93. The fourth-order valence-corrected chi connectivity index (χ4v) is 3.20. The van der Waals surface area contributed by atoms with E-state index in [9.17, 15) is 4.79 Å². The van der Waals surface area contributed by atoms with Gasteiger partial charge in [-0.3, -0.25) is 4.79 Å². The Labute approximate surface area is 88.2 Å². The molecule has 68 valence electrons. The van der Waals surface area contributed by atoms with Gasteiger partial charge in [0.25, 0.3) is 0 Å². The number of fused-ring (bicyclic) bond motifs is 2. The van der Waals surface area contributed by atoms with Crippen LogP contribution in [0.3, 0.4) is 0 Å². The van der Waals surface area contributed by atoms with Crippen LogP contribution in [0.2, 0.25) is 0 Å². The molecule has 0 spiro atoms. The van der Waals surface area contributed by atoms with Crippen molar-refractivity contribution in [2.24, 2.45) is 0 Å². The molecule has 0 fully saturated rings. The van der Waals surface area contributed by atoms with Crippen molar-refractivity contribution in [3.8, 4) is 0 Å². The van der Waals surface area contributed by atoms with Crippen LogP contribution < -0.4 is 5.43 Å². The van der Waals surface area contributed by atoms with E-state index in [1.54, 1.807) is 11.3 Å². The summed E-state index contributed by atoms with van der Waals surface area (Å²) in [6, 6.07) is 6.02. The molecule has 0 aliphatic rings. The minimum Gasteiger partial charge on any atom is -0.288 e. The third kappa shape index (κ3) is 1.03. The van der Waals surface area contributed by atoms with Crippen molar-refractivity contribution in [3.63, 3.8) is 0 Å². The number of hydrogen-bond acceptors (Lipinski definition) is 3. The Morgan fingerprint density at radius 2 is 1.86 bits per heavy atom. The van der Waals surface area contributed by atoms with Crippen molar-refractivity contribution in [2.75, 3.05) is 0 Å². The Morgan fingerprint density at radius 3 is 2.79 bits per heavy atom. The molecule has 2 heterocycles. The first kappa shape index (κ1) is 8.15. The monoisotopic (exact) mass is 218 g/mol. The van der Waals surface area contributed by atoms with Crippen LogP contribution in [-0.2, 0) is 0 Å². The van der Waals surface area contributed by atoms with Crippen LogP contribution >= 0.6 is 22.7 Å². The highest BCUT2D eigenvalue weighted by atomic mass is 32.1. The topological polar surface area (TPSA) is 17.1 Å². The summed E-state index contributed by atoms with van der Waals surface area (Å²) in [5, 5.41) is 8.83. The summed E-state index contributed by atoms with van der Waals surface area (Å²) in [5.74, 6) is 0. The lowest BCUT2D eigenvalue weighted by Gasteiger charge is -1.76. The van der Waals surface area contributed by atoms with Gasteiger partial charge in [-0.1, -0.05) is 12.1 Å². The van der Waals surface area contributed by atoms with Crippen LogP contribution in [0.1, 0.15) is 0 Å². The minimum absolute atomic E-state index is 0.163. The van der Waals surface area contributed by atoms with E-state index >= 15 is 0 Å². The zero-order chi connectivity index (χ0) is 9.54. The molecule has 3 aromatic rings. The molecule has 0 atom stereocenters. The maximum Gasteiger partial charge on any atom is 0.204 e. The van der Waals surface area contributed by atoms with E-state index in [1.165, 1.54) is 11.3 Å². The number of thiophene rings is 2. The van der Waals surface area contributed by atoms with E-state index in [4.69, 9.17) is 0 Å². The van der Waals surface area contributed by atoms with Crippen molar-refractivity contribution in [1.29, 1.82) is 0 Å². The van der Waals surface area contributed by atoms with E-state index < -0.39 is 0 Å². The predicted octanol–water partition coefficient (Wildman–Crippen LogP) is 3.48. The summed E-state index contributed by atoms with van der Waals surface area (Å²) >= 11 is 3.10. The molecule has 0 amide bonds. The van der Waals surface area contributed by atoms with Gasteiger partial charge in [-0.15, -0.1) is 11.3 Å². The molecule has 3 heteroatoms. The molecule has 1 aromatic carbocycles. The highest BCUT2D eigenvalue weighted by molar-refractivity contribution is 7.17. The second-order valence-electron chi connectivity index (χ2n) is 3.11. The quantitative estimate of drug-likeness (QED) is 0.564. The number of rotatable bonds is 0. The summed E-state index contributed by atoms with van der Waals surface area (Å²) in [6.45, 7) is 0. The van der Waals surface area contributed by atoms with Gasteiger partial charge >= 0.3 is 0 Å². The first-order valence-corrected chi connectivity index (χ1v) is 6.05. The molecule has 0 aliphatic carbocycles. The van der Waals surface area contributed by atoms with Gasteiger partial charge in [0.05, 0.1) is 4.70 Å². The Kier molecular flexibility index (Phi) is 1.69. The molecule has 3 rings (SSSR count). The van der Waals surface area contributed by atoms with Crippen LogP contribution in [0, 0.1) is 0 Å². The normalized spacial score (nSPS) is 11.1. The highest BCUT2D eigenvalue weighted by Gasteiger charge is 2.03. The number of hydrogen-bond donors (Lipinski definition) is 0. The van der Waals surface area contributed by atoms with Crippen molar-refractivity contribution in [1.82, 2.24) is 0 Å². The SMILES string of the molecule is O=c1c2cscc2ccc2ccsc12. The smallest absolute Gasteiger partial charge is 0.204 e. The van der Waals surface area contributed by atoms with E-state index in [0.29, 0.717) is 0 Å². The zero-order valence-corrected chi connectivity index (χ0v) is 8.82. The summed E-state index contributed by atoms with van der Waals surface area (Å²) in [5.41, 5.74) is 0.163. The lowest BCUT2D eigenvalue weighted by atomic mass is 10.3. The van der Waals surface area contributed by atoms with E-state index in [-0.39, 0.29) is 5.43 Å². The van der Waals surface area contributed by atoms with Gasteiger partial charge in [-0.05, 0) is 27.6 Å². The minimum atomic E-state index is 0.163. The summed E-state index contributed by atoms with van der Waals surface area (Å²) in [7, 11) is 0. The van der Waals surface area contributed by atoms with Crippen molar-refractivity contribution in [2.45, 2.75) is 0 Å². The Morgan fingerprint density at radius 1 is 1.00 bits per heavy atom. The first-order valence-electron chi connectivity index (χ1n) is 4.23. The second-order valence-corrected chi connectivity index (χ2v) is 4.77. The fourth-order valence-electron chi connectivity index (χ4n) is 1.56. The van der Waals surface area contributed by atoms with Gasteiger partial charge in [0.15, 0.2) is 0 Å². The molecule has 1 nitrogen and oxygen atoms in total. The van der Waals surface area contributed by atoms with Crippen LogP contribution in [0.25, 0.3) is 20.9 Å². The standard InChI is InChI=1S/C11H6OS2/c12-10-9-6-13-5-8(9)2-1-7-3-4-14-11(7)10/h1-6H. The molecular formula is C11H6OS2. The molecule has 2 aromatic heterocycles. The largest absolute Gasteiger partial charge is 0.288 e. The molecule has 0 N–H and O–H groups in total. The third-order valence-corrected chi connectivity index (χ3v) is 3.97. The van der Waals surface area contributed by atoms with Crippen LogP contribution in [-0.4, -0.2) is 0 Å². The Hall–Kier alpha value is -1.19. The molecule has 0 unspecified atom stereocenters. The maximum atomic E-state index is 12.0. The summed E-state index contributed by atoms with van der Waals surface area (Å²) < 4.78 is 0.860. The Balaban J connectivity index is 2.74. The average Bonchev–Trinajstić information content (AvgIpc) is 2.81. The van der Waals surface area contributed by atoms with Crippen LogP contribution in [0.5, 0.6) is 0 Å². The van der Waals surface area contributed by atoms with E-state index in [1.807, 2.05) is 34.3 Å². The van der Waals surface area contributed by atoms with Crippen molar-refractivity contribution in [3.05, 3.63) is 44.6 Å². The maximum absolute atomic E-state index is 12.0. The summed E-state index contributed by atoms with van der Waals surface area (Å²) in [6.07, 6.45) is 0. The van der Waals surface area contributed by atoms with E-state index in [2.05, 4.69) is 0 Å². The van der Waals surface area contributed by atoms with Gasteiger partial charge in [-0.2, -0.15) is 11.3 Å². The van der Waals surface area contributed by atoms with Gasteiger partial charge in [0.2, 0.25) is 5.43 Å². The molecule has 0 radical (unpaired) electrons. The molecule has 0 aliphatic heterocycles. The van der Waals surface area contributed by atoms with Gasteiger partial charge in [-0.25, -0.2) is 0 Å². The Bertz CT molecular complexity index is 607. The predicted molar refractivity (Wildman–Crippen MR) is 63.5 cm³/mol. The molecule has 0 saturated heterocycles. The van der Waals surface area contributed by atoms with Crippen LogP contribution in [0.15, 0.2) is 39.1 Å². The molecular weight excluding hydrogens is 212 g/mol. The van der Waals surface area contributed by atoms with Crippen LogP contribution in [0.4, 0.5) is 0 Å². The molecule has 14 heavy (non-hydrogen) atoms. The molecule has 0 bridgehead atoms. The second kappa shape index (κ2) is 2.90. The van der Waals surface area contributed by atoms with Gasteiger partial charge in [0, 0.05) is 10.8 Å². The van der Waals surface area contributed by atoms with Gasteiger partial charge < -0.3 is 0 Å².